The van der Waals surface area contributed by atoms with Crippen LogP contribution >= 0.6 is 0 Å². The minimum atomic E-state index is -1.15. The molecule has 0 bridgehead atoms. The number of hydrogen-bond acceptors (Lipinski definition) is 2. The van der Waals surface area contributed by atoms with Gasteiger partial charge in [-0.25, -0.2) is 9.59 Å². The maximum Gasteiger partial charge on any atom is 0.332 e. The number of carboxylic acid groups (broad SMARTS) is 2. The fraction of sp³-hybridized carbons (Fsp3) is 0.862. The first-order valence-electron chi connectivity index (χ1n) is 14.2. The number of aliphatic carboxylic acids is 2. The summed E-state index contributed by atoms with van der Waals surface area (Å²) in [6, 6.07) is 0. The molecule has 0 aromatic carbocycles. The Kier molecular flexibility index (Phi) is 22.9. The zero-order valence-corrected chi connectivity index (χ0v) is 21.9. The van der Waals surface area contributed by atoms with Crippen LogP contribution in [0.15, 0.2) is 11.6 Å². The van der Waals surface area contributed by atoms with Gasteiger partial charge in [-0.15, -0.1) is 0 Å². The summed E-state index contributed by atoms with van der Waals surface area (Å²) in [7, 11) is 0. The molecule has 2 N–H and O–H groups in total. The molecule has 0 fully saturated rings. The topological polar surface area (TPSA) is 74.6 Å². The number of rotatable bonds is 25. The molecule has 0 amide bonds. The highest BCUT2D eigenvalue weighted by molar-refractivity contribution is 5.95. The third-order valence-corrected chi connectivity index (χ3v) is 6.78. The van der Waals surface area contributed by atoms with Gasteiger partial charge in [-0.2, -0.15) is 0 Å². The second-order valence-corrected chi connectivity index (χ2v) is 9.88. The Morgan fingerprint density at radius 2 is 0.848 bits per heavy atom. The predicted octanol–water partition coefficient (Wildman–Crippen LogP) is 9.32. The Bertz CT molecular complexity index is 474. The second kappa shape index (κ2) is 23.8. The Hall–Kier alpha value is -1.32. The average Bonchev–Trinajstić information content (AvgIpc) is 2.78. The van der Waals surface area contributed by atoms with Crippen molar-refractivity contribution >= 4 is 11.9 Å². The van der Waals surface area contributed by atoms with Gasteiger partial charge in [0.05, 0.1) is 0 Å². The van der Waals surface area contributed by atoms with E-state index in [0.717, 1.165) is 44.6 Å². The molecular weight excluding hydrogens is 412 g/mol. The van der Waals surface area contributed by atoms with E-state index in [1.807, 2.05) is 0 Å². The minimum Gasteiger partial charge on any atom is -0.478 e. The Morgan fingerprint density at radius 1 is 0.545 bits per heavy atom. The third-order valence-electron chi connectivity index (χ3n) is 6.78. The smallest absolute Gasteiger partial charge is 0.332 e. The van der Waals surface area contributed by atoms with Gasteiger partial charge < -0.3 is 10.2 Å². The molecule has 0 aliphatic heterocycles. The van der Waals surface area contributed by atoms with Crippen molar-refractivity contribution in [3.63, 3.8) is 0 Å². The number of unbranched alkanes of at least 4 members (excludes halogenated alkanes) is 18. The van der Waals surface area contributed by atoms with E-state index < -0.39 is 11.9 Å². The lowest BCUT2D eigenvalue weighted by molar-refractivity contribution is -0.135. The van der Waals surface area contributed by atoms with Gasteiger partial charge in [0.25, 0.3) is 0 Å². The van der Waals surface area contributed by atoms with Crippen molar-refractivity contribution in [1.82, 2.24) is 0 Å². The fourth-order valence-electron chi connectivity index (χ4n) is 4.70. The van der Waals surface area contributed by atoms with Crippen molar-refractivity contribution in [3.05, 3.63) is 11.6 Å². The number of carboxylic acids is 2. The van der Waals surface area contributed by atoms with E-state index in [2.05, 4.69) is 13.8 Å². The van der Waals surface area contributed by atoms with Gasteiger partial charge in [0.2, 0.25) is 0 Å². The lowest BCUT2D eigenvalue weighted by Gasteiger charge is -2.17. The van der Waals surface area contributed by atoms with Crippen LogP contribution in [0.2, 0.25) is 0 Å². The molecule has 0 aromatic rings. The molecule has 0 saturated heterocycles. The Labute approximate surface area is 204 Å². The molecule has 0 aliphatic rings. The number of hydrogen-bond donors (Lipinski definition) is 2. The zero-order chi connectivity index (χ0) is 24.6. The van der Waals surface area contributed by atoms with Crippen LogP contribution in [0, 0.1) is 5.92 Å². The molecule has 4 nitrogen and oxygen atoms in total. The summed E-state index contributed by atoms with van der Waals surface area (Å²) in [5.74, 6) is -2.35. The molecule has 0 aliphatic carbocycles. The summed E-state index contributed by atoms with van der Waals surface area (Å²) in [6.45, 7) is 4.48. The van der Waals surface area contributed by atoms with Crippen molar-refractivity contribution < 1.29 is 19.8 Å². The molecule has 0 spiro atoms. The van der Waals surface area contributed by atoms with Gasteiger partial charge in [0, 0.05) is 11.6 Å². The van der Waals surface area contributed by atoms with Crippen LogP contribution in [0.4, 0.5) is 0 Å². The van der Waals surface area contributed by atoms with Crippen molar-refractivity contribution in [2.45, 2.75) is 155 Å². The van der Waals surface area contributed by atoms with Crippen molar-refractivity contribution in [3.8, 4) is 0 Å². The van der Waals surface area contributed by atoms with E-state index in [1.165, 1.54) is 103 Å². The van der Waals surface area contributed by atoms with Gasteiger partial charge in [-0.05, 0) is 18.8 Å². The molecule has 4 heteroatoms. The first-order chi connectivity index (χ1) is 16.0. The second-order valence-electron chi connectivity index (χ2n) is 9.88. The van der Waals surface area contributed by atoms with E-state index in [-0.39, 0.29) is 11.5 Å². The van der Waals surface area contributed by atoms with Gasteiger partial charge in [0.15, 0.2) is 0 Å². The standard InChI is InChI=1S/C29H54O4/c1-3-5-7-9-11-13-15-17-19-21-23-26(27(29(32)33)25-28(30)31)24-22-20-18-16-14-12-10-8-6-4-2/h25-26H,3-24H2,1-2H3,(H,30,31)(H,32,33)/b27-25-. The lowest BCUT2D eigenvalue weighted by Crippen LogP contribution is -2.15. The van der Waals surface area contributed by atoms with Crippen LogP contribution in [0.25, 0.3) is 0 Å². The Morgan fingerprint density at radius 3 is 1.12 bits per heavy atom. The molecule has 0 radical (unpaired) electrons. The highest BCUT2D eigenvalue weighted by atomic mass is 16.4. The van der Waals surface area contributed by atoms with E-state index >= 15 is 0 Å². The summed E-state index contributed by atoms with van der Waals surface area (Å²) in [5.41, 5.74) is 0.0920. The molecule has 0 heterocycles. The quantitative estimate of drug-likeness (QED) is 0.104. The van der Waals surface area contributed by atoms with Crippen molar-refractivity contribution in [2.24, 2.45) is 5.92 Å². The molecule has 0 atom stereocenters. The van der Waals surface area contributed by atoms with Crippen molar-refractivity contribution in [2.75, 3.05) is 0 Å². The molecule has 194 valence electrons. The highest BCUT2D eigenvalue weighted by Gasteiger charge is 2.21. The van der Waals surface area contributed by atoms with Gasteiger partial charge >= 0.3 is 11.9 Å². The van der Waals surface area contributed by atoms with Crippen LogP contribution in [-0.4, -0.2) is 22.2 Å². The number of carbonyl (C=O) groups is 2. The SMILES string of the molecule is CCCCCCCCCCCCC(CCCCCCCCCCCC)/C(=C/C(=O)O)C(=O)O. The van der Waals surface area contributed by atoms with Crippen LogP contribution in [0.3, 0.4) is 0 Å². The molecular formula is C29H54O4. The Balaban J connectivity index is 4.21. The van der Waals surface area contributed by atoms with Gasteiger partial charge in [-0.1, -0.05) is 142 Å². The highest BCUT2D eigenvalue weighted by Crippen LogP contribution is 2.26. The molecule has 0 aromatic heterocycles. The monoisotopic (exact) mass is 466 g/mol. The predicted molar refractivity (Wildman–Crippen MR) is 140 cm³/mol. The van der Waals surface area contributed by atoms with E-state index in [0.29, 0.717) is 0 Å². The van der Waals surface area contributed by atoms with E-state index in [1.54, 1.807) is 0 Å². The first-order valence-corrected chi connectivity index (χ1v) is 14.2. The van der Waals surface area contributed by atoms with E-state index in [4.69, 9.17) is 5.11 Å². The summed E-state index contributed by atoms with van der Waals surface area (Å²) in [5, 5.41) is 18.7. The summed E-state index contributed by atoms with van der Waals surface area (Å²) in [4.78, 5) is 22.9. The van der Waals surface area contributed by atoms with Crippen LogP contribution in [-0.2, 0) is 9.59 Å². The third kappa shape index (κ3) is 21.0. The summed E-state index contributed by atoms with van der Waals surface area (Å²) < 4.78 is 0. The van der Waals surface area contributed by atoms with Gasteiger partial charge in [-0.3, -0.25) is 0 Å². The van der Waals surface area contributed by atoms with Crippen molar-refractivity contribution in [1.29, 1.82) is 0 Å². The van der Waals surface area contributed by atoms with Crippen LogP contribution in [0.5, 0.6) is 0 Å². The lowest BCUT2D eigenvalue weighted by atomic mass is 9.87. The maximum absolute atomic E-state index is 11.7. The average molecular weight is 467 g/mol. The zero-order valence-electron chi connectivity index (χ0n) is 21.9. The maximum atomic E-state index is 11.7. The molecule has 0 rings (SSSR count). The molecule has 0 saturated carbocycles. The first kappa shape index (κ1) is 31.7. The van der Waals surface area contributed by atoms with Crippen LogP contribution in [0.1, 0.15) is 155 Å². The fourth-order valence-corrected chi connectivity index (χ4v) is 4.70. The largest absolute Gasteiger partial charge is 0.478 e. The molecule has 0 unspecified atom stereocenters. The summed E-state index contributed by atoms with van der Waals surface area (Å²) >= 11 is 0. The normalized spacial score (nSPS) is 11.9. The minimum absolute atomic E-state index is 0.0920. The van der Waals surface area contributed by atoms with E-state index in [9.17, 15) is 14.7 Å². The summed E-state index contributed by atoms with van der Waals surface area (Å²) in [6.07, 6.45) is 27.5. The van der Waals surface area contributed by atoms with Crippen LogP contribution < -0.4 is 0 Å². The van der Waals surface area contributed by atoms with Gasteiger partial charge in [0.1, 0.15) is 0 Å². The molecule has 33 heavy (non-hydrogen) atoms.